The van der Waals surface area contributed by atoms with E-state index in [0.717, 1.165) is 0 Å². The Bertz CT molecular complexity index is 442. The fourth-order valence-electron chi connectivity index (χ4n) is 1.19. The predicted octanol–water partition coefficient (Wildman–Crippen LogP) is 1.67. The number of anilines is 1. The highest BCUT2D eigenvalue weighted by atomic mass is 35.5. The van der Waals surface area contributed by atoms with Crippen molar-refractivity contribution < 1.29 is 0 Å². The molecule has 80 valence electrons. The molecule has 15 heavy (non-hydrogen) atoms. The first-order valence-electron chi connectivity index (χ1n) is 4.31. The summed E-state index contributed by atoms with van der Waals surface area (Å²) < 4.78 is 3.40. The minimum atomic E-state index is 0.343. The molecule has 0 aliphatic rings. The molecule has 2 N–H and O–H groups in total. The summed E-state index contributed by atoms with van der Waals surface area (Å²) in [6.07, 6.45) is 5.02. The van der Waals surface area contributed by atoms with Crippen molar-refractivity contribution in [3.05, 3.63) is 28.6 Å². The molecule has 0 aromatic carbocycles. The molecule has 0 atom stereocenters. The van der Waals surface area contributed by atoms with Crippen LogP contribution in [-0.2, 0) is 13.1 Å². The van der Waals surface area contributed by atoms with E-state index in [4.69, 9.17) is 28.9 Å². The fraction of sp³-hybridized carbons (Fsp3) is 0.250. The maximum absolute atomic E-state index is 5.76. The second-order valence-corrected chi connectivity index (χ2v) is 3.89. The Hall–Kier alpha value is -1.20. The molecule has 2 aromatic rings. The number of rotatable bonds is 3. The van der Waals surface area contributed by atoms with Crippen LogP contribution >= 0.6 is 23.2 Å². The molecule has 0 bridgehead atoms. The van der Waals surface area contributed by atoms with Crippen LogP contribution in [0.5, 0.6) is 0 Å². The van der Waals surface area contributed by atoms with Gasteiger partial charge in [0, 0.05) is 12.4 Å². The number of hydrogen-bond acceptors (Lipinski definition) is 3. The van der Waals surface area contributed by atoms with Gasteiger partial charge < -0.3 is 5.73 Å². The average Bonchev–Trinajstić information content (AvgIpc) is 2.72. The van der Waals surface area contributed by atoms with Crippen LogP contribution in [0.3, 0.4) is 0 Å². The molecule has 0 unspecified atom stereocenters. The van der Waals surface area contributed by atoms with Gasteiger partial charge in [-0.2, -0.15) is 10.2 Å². The highest BCUT2D eigenvalue weighted by molar-refractivity contribution is 6.32. The van der Waals surface area contributed by atoms with Gasteiger partial charge in [0.2, 0.25) is 0 Å². The van der Waals surface area contributed by atoms with E-state index in [9.17, 15) is 0 Å². The van der Waals surface area contributed by atoms with Crippen LogP contribution in [0.15, 0.2) is 18.6 Å². The molecule has 2 rings (SSSR count). The topological polar surface area (TPSA) is 61.7 Å². The average molecular weight is 246 g/mol. The van der Waals surface area contributed by atoms with Gasteiger partial charge in [0.05, 0.1) is 24.3 Å². The number of nitrogen functional groups attached to an aromatic ring is 1. The van der Waals surface area contributed by atoms with Crippen molar-refractivity contribution in [2.75, 3.05) is 5.73 Å². The van der Waals surface area contributed by atoms with Crippen molar-refractivity contribution in [3.8, 4) is 0 Å². The Morgan fingerprint density at radius 1 is 1.20 bits per heavy atom. The minimum Gasteiger partial charge on any atom is -0.381 e. The zero-order chi connectivity index (χ0) is 10.8. The lowest BCUT2D eigenvalue weighted by molar-refractivity contribution is 0.501. The Morgan fingerprint density at radius 3 is 2.47 bits per heavy atom. The van der Waals surface area contributed by atoms with E-state index < -0.39 is 0 Å². The monoisotopic (exact) mass is 245 g/mol. The Labute approximate surface area is 96.4 Å². The predicted molar refractivity (Wildman–Crippen MR) is 58.9 cm³/mol. The van der Waals surface area contributed by atoms with Crippen molar-refractivity contribution in [3.63, 3.8) is 0 Å². The van der Waals surface area contributed by atoms with Gasteiger partial charge in [-0.05, 0) is 0 Å². The number of aromatic nitrogens is 4. The zero-order valence-corrected chi connectivity index (χ0v) is 9.28. The van der Waals surface area contributed by atoms with Crippen molar-refractivity contribution >= 4 is 29.0 Å². The molecule has 0 aliphatic heterocycles. The first kappa shape index (κ1) is 10.3. The van der Waals surface area contributed by atoms with E-state index in [0.29, 0.717) is 29.0 Å². The molecular weight excluding hydrogens is 237 g/mol. The van der Waals surface area contributed by atoms with Crippen molar-refractivity contribution in [2.24, 2.45) is 0 Å². The molecule has 0 saturated carbocycles. The SMILES string of the molecule is Nc1nn(CCn2cc(Cl)cn2)cc1Cl. The second-order valence-electron chi connectivity index (χ2n) is 3.05. The molecule has 0 amide bonds. The number of nitrogens with two attached hydrogens (primary N) is 1. The van der Waals surface area contributed by atoms with Crippen LogP contribution in [0.4, 0.5) is 5.82 Å². The second kappa shape index (κ2) is 4.12. The van der Waals surface area contributed by atoms with Crippen LogP contribution in [0, 0.1) is 0 Å². The number of hydrogen-bond donors (Lipinski definition) is 1. The molecule has 2 heterocycles. The molecule has 0 spiro atoms. The van der Waals surface area contributed by atoms with Crippen LogP contribution < -0.4 is 5.73 Å². The molecule has 0 saturated heterocycles. The molecule has 2 aromatic heterocycles. The van der Waals surface area contributed by atoms with Crippen LogP contribution in [0.1, 0.15) is 0 Å². The van der Waals surface area contributed by atoms with E-state index >= 15 is 0 Å². The highest BCUT2D eigenvalue weighted by Gasteiger charge is 2.02. The van der Waals surface area contributed by atoms with Crippen LogP contribution in [0.25, 0.3) is 0 Å². The van der Waals surface area contributed by atoms with E-state index in [2.05, 4.69) is 10.2 Å². The summed E-state index contributed by atoms with van der Waals surface area (Å²) in [5, 5.41) is 9.14. The van der Waals surface area contributed by atoms with Gasteiger partial charge in [-0.25, -0.2) is 0 Å². The fourth-order valence-corrected chi connectivity index (χ4v) is 1.50. The standard InChI is InChI=1S/C8H9Cl2N5/c9-6-3-12-14(4-6)1-2-15-5-7(10)8(11)13-15/h3-5H,1-2H2,(H2,11,13). The first-order chi connectivity index (χ1) is 7.15. The molecule has 0 aliphatic carbocycles. The van der Waals surface area contributed by atoms with Crippen molar-refractivity contribution in [1.82, 2.24) is 19.6 Å². The van der Waals surface area contributed by atoms with Gasteiger partial charge in [-0.15, -0.1) is 0 Å². The summed E-state index contributed by atoms with van der Waals surface area (Å²) >= 11 is 11.5. The summed E-state index contributed by atoms with van der Waals surface area (Å²) in [5.41, 5.74) is 5.51. The Balaban J connectivity index is 1.99. The number of halogens is 2. The molecule has 0 fully saturated rings. The zero-order valence-electron chi connectivity index (χ0n) is 7.77. The Morgan fingerprint density at radius 2 is 1.93 bits per heavy atom. The number of aryl methyl sites for hydroxylation is 2. The maximum atomic E-state index is 5.76. The maximum Gasteiger partial charge on any atom is 0.164 e. The molecule has 5 nitrogen and oxygen atoms in total. The lowest BCUT2D eigenvalue weighted by Gasteiger charge is -2.00. The summed E-state index contributed by atoms with van der Waals surface area (Å²) in [5.74, 6) is 0.343. The van der Waals surface area contributed by atoms with Gasteiger partial charge in [-0.3, -0.25) is 9.36 Å². The molecule has 0 radical (unpaired) electrons. The van der Waals surface area contributed by atoms with Gasteiger partial charge in [0.15, 0.2) is 5.82 Å². The third kappa shape index (κ3) is 2.43. The van der Waals surface area contributed by atoms with E-state index in [-0.39, 0.29) is 0 Å². The van der Waals surface area contributed by atoms with Gasteiger partial charge >= 0.3 is 0 Å². The third-order valence-corrected chi connectivity index (χ3v) is 2.39. The quantitative estimate of drug-likeness (QED) is 0.895. The van der Waals surface area contributed by atoms with E-state index in [1.807, 2.05) is 0 Å². The van der Waals surface area contributed by atoms with Crippen molar-refractivity contribution in [1.29, 1.82) is 0 Å². The highest BCUT2D eigenvalue weighted by Crippen LogP contribution is 2.15. The third-order valence-electron chi connectivity index (χ3n) is 1.90. The Kier molecular flexibility index (Phi) is 2.83. The minimum absolute atomic E-state index is 0.343. The van der Waals surface area contributed by atoms with Crippen molar-refractivity contribution in [2.45, 2.75) is 13.1 Å². The smallest absolute Gasteiger partial charge is 0.164 e. The summed E-state index contributed by atoms with van der Waals surface area (Å²) in [4.78, 5) is 0. The normalized spacial score (nSPS) is 10.8. The first-order valence-corrected chi connectivity index (χ1v) is 5.07. The summed E-state index contributed by atoms with van der Waals surface area (Å²) in [6.45, 7) is 1.32. The molecular formula is C8H9Cl2N5. The van der Waals surface area contributed by atoms with Crippen LogP contribution in [0.2, 0.25) is 10.0 Å². The summed E-state index contributed by atoms with van der Waals surface area (Å²) in [6, 6.07) is 0. The largest absolute Gasteiger partial charge is 0.381 e. The van der Waals surface area contributed by atoms with Gasteiger partial charge in [-0.1, -0.05) is 23.2 Å². The number of nitrogens with zero attached hydrogens (tertiary/aromatic N) is 4. The van der Waals surface area contributed by atoms with E-state index in [1.165, 1.54) is 0 Å². The van der Waals surface area contributed by atoms with E-state index in [1.54, 1.807) is 28.0 Å². The lowest BCUT2D eigenvalue weighted by Crippen LogP contribution is -2.08. The van der Waals surface area contributed by atoms with Gasteiger partial charge in [0.25, 0.3) is 0 Å². The summed E-state index contributed by atoms with van der Waals surface area (Å²) in [7, 11) is 0. The lowest BCUT2D eigenvalue weighted by atomic mass is 10.6. The van der Waals surface area contributed by atoms with Gasteiger partial charge in [0.1, 0.15) is 5.02 Å². The molecule has 7 heteroatoms. The van der Waals surface area contributed by atoms with Crippen LogP contribution in [-0.4, -0.2) is 19.6 Å².